The molecule has 0 spiro atoms. The average molecular weight is 555 g/mol. The van der Waals surface area contributed by atoms with E-state index in [1.807, 2.05) is 42.5 Å². The standard InChI is InChI=1S/C37H31O3P/c1-38-29-17-21-31(22-18-29)41(32-23-19-30(39-2)20-24-32)36-15-9-8-14-34(36)37-33-13-7-6-12-28(33)16-25-35(37)40-26-27-10-4-3-5-11-27/h3-25H,26H2,1-2H3. The molecule has 0 saturated heterocycles. The summed E-state index contributed by atoms with van der Waals surface area (Å²) in [6.07, 6.45) is 0. The molecular weight excluding hydrogens is 523 g/mol. The average Bonchev–Trinajstić information content (AvgIpc) is 3.05. The van der Waals surface area contributed by atoms with Crippen molar-refractivity contribution in [1.82, 2.24) is 0 Å². The van der Waals surface area contributed by atoms with Gasteiger partial charge in [0.2, 0.25) is 0 Å². The Bertz CT molecular complexity index is 1700. The van der Waals surface area contributed by atoms with Crippen LogP contribution in [-0.2, 0) is 6.61 Å². The molecule has 6 aromatic rings. The van der Waals surface area contributed by atoms with Crippen molar-refractivity contribution in [2.45, 2.75) is 6.61 Å². The van der Waals surface area contributed by atoms with E-state index >= 15 is 0 Å². The molecule has 202 valence electrons. The van der Waals surface area contributed by atoms with E-state index in [0.717, 1.165) is 28.4 Å². The van der Waals surface area contributed by atoms with E-state index in [-0.39, 0.29) is 0 Å². The zero-order valence-electron chi connectivity index (χ0n) is 23.2. The molecule has 0 aromatic heterocycles. The molecule has 0 N–H and O–H groups in total. The molecule has 6 rings (SSSR count). The smallest absolute Gasteiger partial charge is 0.128 e. The Morgan fingerprint density at radius 2 is 1.12 bits per heavy atom. The molecule has 0 atom stereocenters. The summed E-state index contributed by atoms with van der Waals surface area (Å²) in [4.78, 5) is 0. The Balaban J connectivity index is 1.54. The summed E-state index contributed by atoms with van der Waals surface area (Å²) in [5.41, 5.74) is 3.42. The molecular formula is C37H31O3P. The van der Waals surface area contributed by atoms with E-state index in [0.29, 0.717) is 6.61 Å². The highest BCUT2D eigenvalue weighted by Crippen LogP contribution is 2.43. The van der Waals surface area contributed by atoms with Gasteiger partial charge in [0.25, 0.3) is 0 Å². The lowest BCUT2D eigenvalue weighted by Crippen LogP contribution is -2.22. The van der Waals surface area contributed by atoms with Crippen molar-refractivity contribution in [3.05, 3.63) is 145 Å². The van der Waals surface area contributed by atoms with Gasteiger partial charge in [0, 0.05) is 5.56 Å². The molecule has 0 unspecified atom stereocenters. The van der Waals surface area contributed by atoms with Gasteiger partial charge in [-0.05, 0) is 76.1 Å². The van der Waals surface area contributed by atoms with Crippen molar-refractivity contribution in [2.24, 2.45) is 0 Å². The van der Waals surface area contributed by atoms with Crippen LogP contribution in [0.1, 0.15) is 5.56 Å². The first-order valence-corrected chi connectivity index (χ1v) is 15.0. The third-order valence-electron chi connectivity index (χ3n) is 7.20. The topological polar surface area (TPSA) is 27.7 Å². The van der Waals surface area contributed by atoms with Gasteiger partial charge in [0.05, 0.1) is 14.2 Å². The van der Waals surface area contributed by atoms with Gasteiger partial charge in [0.1, 0.15) is 23.9 Å². The van der Waals surface area contributed by atoms with Crippen molar-refractivity contribution < 1.29 is 14.2 Å². The van der Waals surface area contributed by atoms with Gasteiger partial charge in [-0.15, -0.1) is 0 Å². The second-order valence-electron chi connectivity index (χ2n) is 9.68. The first kappa shape index (κ1) is 26.6. The number of methoxy groups -OCH3 is 2. The minimum Gasteiger partial charge on any atom is -0.497 e. The molecule has 41 heavy (non-hydrogen) atoms. The quantitative estimate of drug-likeness (QED) is 0.170. The second-order valence-corrected chi connectivity index (χ2v) is 11.9. The third-order valence-corrected chi connectivity index (χ3v) is 9.70. The summed E-state index contributed by atoms with van der Waals surface area (Å²) in [5.74, 6) is 2.56. The Labute approximate surface area is 242 Å². The Morgan fingerprint density at radius 1 is 0.537 bits per heavy atom. The fourth-order valence-corrected chi connectivity index (χ4v) is 7.57. The van der Waals surface area contributed by atoms with E-state index in [2.05, 4.69) is 97.1 Å². The lowest BCUT2D eigenvalue weighted by atomic mass is 9.97. The first-order valence-electron chi connectivity index (χ1n) is 13.6. The van der Waals surface area contributed by atoms with Crippen molar-refractivity contribution >= 4 is 34.6 Å². The van der Waals surface area contributed by atoms with Crippen LogP contribution in [0.2, 0.25) is 0 Å². The minimum absolute atomic E-state index is 0.500. The summed E-state index contributed by atoms with van der Waals surface area (Å²) in [6.45, 7) is 0.500. The van der Waals surface area contributed by atoms with Crippen LogP contribution < -0.4 is 30.1 Å². The summed E-state index contributed by atoms with van der Waals surface area (Å²) in [7, 11) is 2.49. The van der Waals surface area contributed by atoms with Gasteiger partial charge < -0.3 is 14.2 Å². The summed E-state index contributed by atoms with van der Waals surface area (Å²) >= 11 is 0. The number of rotatable bonds is 9. The van der Waals surface area contributed by atoms with Gasteiger partial charge in [-0.25, -0.2) is 0 Å². The summed E-state index contributed by atoms with van der Waals surface area (Å²) in [6, 6.07) is 48.8. The summed E-state index contributed by atoms with van der Waals surface area (Å²) in [5, 5.41) is 6.10. The van der Waals surface area contributed by atoms with Crippen LogP contribution in [0.25, 0.3) is 21.9 Å². The Kier molecular flexibility index (Phi) is 7.98. The van der Waals surface area contributed by atoms with Crippen LogP contribution in [0, 0.1) is 0 Å². The van der Waals surface area contributed by atoms with Gasteiger partial charge >= 0.3 is 0 Å². The van der Waals surface area contributed by atoms with Crippen LogP contribution in [0.3, 0.4) is 0 Å². The molecule has 0 bridgehead atoms. The van der Waals surface area contributed by atoms with Crippen LogP contribution in [0.4, 0.5) is 0 Å². The van der Waals surface area contributed by atoms with E-state index in [1.54, 1.807) is 14.2 Å². The van der Waals surface area contributed by atoms with E-state index in [4.69, 9.17) is 14.2 Å². The molecule has 0 amide bonds. The normalized spacial score (nSPS) is 11.0. The third kappa shape index (κ3) is 5.68. The first-order chi connectivity index (χ1) is 20.2. The fraction of sp³-hybridized carbons (Fsp3) is 0.0811. The van der Waals surface area contributed by atoms with Crippen LogP contribution in [-0.4, -0.2) is 14.2 Å². The molecule has 0 radical (unpaired) electrons. The Morgan fingerprint density at radius 3 is 1.78 bits per heavy atom. The molecule has 0 aliphatic heterocycles. The number of hydrogen-bond acceptors (Lipinski definition) is 3. The maximum absolute atomic E-state index is 6.57. The minimum atomic E-state index is -0.913. The van der Waals surface area contributed by atoms with Crippen molar-refractivity contribution in [3.63, 3.8) is 0 Å². The van der Waals surface area contributed by atoms with Crippen LogP contribution in [0.5, 0.6) is 17.2 Å². The van der Waals surface area contributed by atoms with Crippen molar-refractivity contribution in [1.29, 1.82) is 0 Å². The zero-order chi connectivity index (χ0) is 28.0. The molecule has 6 aromatic carbocycles. The second kappa shape index (κ2) is 12.3. The van der Waals surface area contributed by atoms with E-state index in [9.17, 15) is 0 Å². The molecule has 0 fully saturated rings. The SMILES string of the molecule is COc1ccc(P(c2ccc(OC)cc2)c2ccccc2-c2c(OCc3ccccc3)ccc3ccccc23)cc1. The molecule has 0 saturated carbocycles. The monoisotopic (exact) mass is 554 g/mol. The highest BCUT2D eigenvalue weighted by molar-refractivity contribution is 7.80. The fourth-order valence-electron chi connectivity index (χ4n) is 5.15. The lowest BCUT2D eigenvalue weighted by molar-refractivity contribution is 0.308. The predicted octanol–water partition coefficient (Wildman–Crippen LogP) is 7.86. The number of fused-ring (bicyclic) bond motifs is 1. The molecule has 0 aliphatic rings. The predicted molar refractivity (Wildman–Crippen MR) is 172 cm³/mol. The van der Waals surface area contributed by atoms with Gasteiger partial charge in [-0.1, -0.05) is 109 Å². The maximum Gasteiger partial charge on any atom is 0.128 e. The highest BCUT2D eigenvalue weighted by Gasteiger charge is 2.23. The number of ether oxygens (including phenoxy) is 3. The molecule has 3 nitrogen and oxygen atoms in total. The van der Waals surface area contributed by atoms with Crippen molar-refractivity contribution in [3.8, 4) is 28.4 Å². The highest BCUT2D eigenvalue weighted by atomic mass is 31.1. The number of hydrogen-bond donors (Lipinski definition) is 0. The maximum atomic E-state index is 6.57. The Hall–Kier alpha value is -4.59. The van der Waals surface area contributed by atoms with Gasteiger partial charge in [0.15, 0.2) is 0 Å². The number of benzene rings is 6. The van der Waals surface area contributed by atoms with Crippen LogP contribution in [0.15, 0.2) is 140 Å². The van der Waals surface area contributed by atoms with Gasteiger partial charge in [-0.2, -0.15) is 0 Å². The largest absolute Gasteiger partial charge is 0.497 e. The molecule has 4 heteroatoms. The molecule has 0 heterocycles. The lowest BCUT2D eigenvalue weighted by Gasteiger charge is -2.24. The van der Waals surface area contributed by atoms with Gasteiger partial charge in [-0.3, -0.25) is 0 Å². The van der Waals surface area contributed by atoms with Crippen molar-refractivity contribution in [2.75, 3.05) is 14.2 Å². The summed E-state index contributed by atoms with van der Waals surface area (Å²) < 4.78 is 17.5. The van der Waals surface area contributed by atoms with E-state index in [1.165, 1.54) is 32.2 Å². The zero-order valence-corrected chi connectivity index (χ0v) is 24.1. The van der Waals surface area contributed by atoms with Crippen LogP contribution >= 0.6 is 7.92 Å². The molecule has 0 aliphatic carbocycles. The van der Waals surface area contributed by atoms with E-state index < -0.39 is 7.92 Å².